The van der Waals surface area contributed by atoms with Crippen LogP contribution >= 0.6 is 11.3 Å². The quantitative estimate of drug-likeness (QED) is 0.888. The predicted octanol–water partition coefficient (Wildman–Crippen LogP) is 2.54. The fourth-order valence-electron chi connectivity index (χ4n) is 2.92. The van der Waals surface area contributed by atoms with Gasteiger partial charge in [-0.1, -0.05) is 6.42 Å². The molecule has 1 unspecified atom stereocenters. The molecule has 102 valence electrons. The van der Waals surface area contributed by atoms with Crippen LogP contribution in [0, 0.1) is 0 Å². The zero-order valence-electron chi connectivity index (χ0n) is 11.8. The average Bonchev–Trinajstić information content (AvgIpc) is 2.89. The van der Waals surface area contributed by atoms with E-state index in [0.29, 0.717) is 6.04 Å². The lowest BCUT2D eigenvalue weighted by molar-refractivity contribution is 0.0635. The van der Waals surface area contributed by atoms with Crippen molar-refractivity contribution in [1.82, 2.24) is 15.2 Å². The second-order valence-electron chi connectivity index (χ2n) is 5.67. The maximum Gasteiger partial charge on any atom is 0.0941 e. The summed E-state index contributed by atoms with van der Waals surface area (Å²) >= 11 is 1.76. The molecular formula is C14H25N3S. The fourth-order valence-corrected chi connectivity index (χ4v) is 3.59. The van der Waals surface area contributed by atoms with Gasteiger partial charge in [0.25, 0.3) is 0 Å². The van der Waals surface area contributed by atoms with Crippen LogP contribution in [0.2, 0.25) is 0 Å². The third-order valence-corrected chi connectivity index (χ3v) is 5.04. The minimum Gasteiger partial charge on any atom is -0.315 e. The summed E-state index contributed by atoms with van der Waals surface area (Å²) in [5.41, 5.74) is 0.195. The topological polar surface area (TPSA) is 28.2 Å². The molecule has 1 atom stereocenters. The fraction of sp³-hybridized carbons (Fsp3) is 0.786. The summed E-state index contributed by atoms with van der Waals surface area (Å²) in [6, 6.07) is 0.460. The second-order valence-corrected chi connectivity index (χ2v) is 6.65. The monoisotopic (exact) mass is 267 g/mol. The van der Waals surface area contributed by atoms with E-state index in [1.165, 1.54) is 37.4 Å². The van der Waals surface area contributed by atoms with Crippen LogP contribution in [-0.2, 0) is 6.42 Å². The molecule has 3 nitrogen and oxygen atoms in total. The zero-order valence-corrected chi connectivity index (χ0v) is 12.6. The molecule has 2 heterocycles. The van der Waals surface area contributed by atoms with Crippen molar-refractivity contribution >= 4 is 11.3 Å². The van der Waals surface area contributed by atoms with E-state index in [0.717, 1.165) is 6.42 Å². The molecule has 2 rings (SSSR count). The highest BCUT2D eigenvalue weighted by molar-refractivity contribution is 7.09. The molecule has 0 radical (unpaired) electrons. The van der Waals surface area contributed by atoms with E-state index in [1.54, 1.807) is 11.3 Å². The molecule has 4 heteroatoms. The maximum absolute atomic E-state index is 4.42. The molecule has 0 aliphatic carbocycles. The molecule has 1 N–H and O–H groups in total. The Kier molecular flexibility index (Phi) is 4.76. The highest BCUT2D eigenvalue weighted by Gasteiger charge is 2.35. The Morgan fingerprint density at radius 2 is 2.11 bits per heavy atom. The van der Waals surface area contributed by atoms with Crippen molar-refractivity contribution in [3.63, 3.8) is 0 Å². The molecule has 0 aromatic carbocycles. The number of likely N-dealkylation sites (tertiary alicyclic amines) is 1. The maximum atomic E-state index is 4.42. The van der Waals surface area contributed by atoms with Crippen LogP contribution in [-0.4, -0.2) is 41.6 Å². The van der Waals surface area contributed by atoms with Gasteiger partial charge < -0.3 is 5.32 Å². The molecule has 1 aromatic rings. The Bertz CT molecular complexity index is 342. The van der Waals surface area contributed by atoms with Crippen LogP contribution in [0.4, 0.5) is 0 Å². The summed E-state index contributed by atoms with van der Waals surface area (Å²) in [7, 11) is 2.07. The lowest BCUT2D eigenvalue weighted by atomic mass is 9.88. The van der Waals surface area contributed by atoms with Gasteiger partial charge in [-0.15, -0.1) is 11.3 Å². The first-order valence-corrected chi connectivity index (χ1v) is 7.83. The summed E-state index contributed by atoms with van der Waals surface area (Å²) in [5.74, 6) is 0. The summed E-state index contributed by atoms with van der Waals surface area (Å²) < 4.78 is 0. The van der Waals surface area contributed by atoms with E-state index in [4.69, 9.17) is 0 Å². The average molecular weight is 267 g/mol. The van der Waals surface area contributed by atoms with Crippen molar-refractivity contribution in [1.29, 1.82) is 0 Å². The molecule has 1 aliphatic rings. The number of rotatable bonds is 5. The standard InChI is InChI=1S/C14H25N3S/c1-14(2,17-8-5-4-6-9-17)12(15-3)11-13-16-7-10-18-13/h7,10,12,15H,4-6,8-9,11H2,1-3H3. The first-order chi connectivity index (χ1) is 8.64. The summed E-state index contributed by atoms with van der Waals surface area (Å²) in [6.07, 6.45) is 7.01. The van der Waals surface area contributed by atoms with E-state index >= 15 is 0 Å². The van der Waals surface area contributed by atoms with Gasteiger partial charge in [0, 0.05) is 29.6 Å². The van der Waals surface area contributed by atoms with Crippen LogP contribution in [0.3, 0.4) is 0 Å². The van der Waals surface area contributed by atoms with Crippen molar-refractivity contribution < 1.29 is 0 Å². The van der Waals surface area contributed by atoms with Crippen molar-refractivity contribution in [3.05, 3.63) is 16.6 Å². The number of aromatic nitrogens is 1. The minimum absolute atomic E-state index is 0.195. The predicted molar refractivity (Wildman–Crippen MR) is 78.2 cm³/mol. The summed E-state index contributed by atoms with van der Waals surface area (Å²) in [6.45, 7) is 7.21. The molecule has 0 spiro atoms. The van der Waals surface area contributed by atoms with E-state index < -0.39 is 0 Å². The zero-order chi connectivity index (χ0) is 13.0. The summed E-state index contributed by atoms with van der Waals surface area (Å²) in [5, 5.41) is 6.80. The van der Waals surface area contributed by atoms with Crippen LogP contribution in [0.25, 0.3) is 0 Å². The lowest BCUT2D eigenvalue weighted by Crippen LogP contribution is -2.59. The SMILES string of the molecule is CNC(Cc1nccs1)C(C)(C)N1CCCCC1. The van der Waals surface area contributed by atoms with Gasteiger partial charge in [0.1, 0.15) is 0 Å². The van der Waals surface area contributed by atoms with Crippen LogP contribution in [0.15, 0.2) is 11.6 Å². The van der Waals surface area contributed by atoms with Gasteiger partial charge >= 0.3 is 0 Å². The Morgan fingerprint density at radius 1 is 1.39 bits per heavy atom. The largest absolute Gasteiger partial charge is 0.315 e. The summed E-state index contributed by atoms with van der Waals surface area (Å²) in [4.78, 5) is 7.07. The Labute approximate surface area is 115 Å². The highest BCUT2D eigenvalue weighted by atomic mass is 32.1. The Hall–Kier alpha value is -0.450. The number of hydrogen-bond acceptors (Lipinski definition) is 4. The molecule has 0 amide bonds. The van der Waals surface area contributed by atoms with Gasteiger partial charge in [0.05, 0.1) is 5.01 Å². The molecule has 1 aromatic heterocycles. The molecule has 1 aliphatic heterocycles. The number of nitrogens with one attached hydrogen (secondary N) is 1. The second kappa shape index (κ2) is 6.13. The third-order valence-electron chi connectivity index (χ3n) is 4.23. The van der Waals surface area contributed by atoms with Crippen molar-refractivity contribution in [2.45, 2.75) is 51.1 Å². The normalized spacial score (nSPS) is 19.9. The molecule has 1 saturated heterocycles. The number of likely N-dealkylation sites (N-methyl/N-ethyl adjacent to an activating group) is 1. The van der Waals surface area contributed by atoms with Gasteiger partial charge in [-0.05, 0) is 46.8 Å². The van der Waals surface area contributed by atoms with Gasteiger partial charge in [-0.3, -0.25) is 4.90 Å². The van der Waals surface area contributed by atoms with E-state index in [2.05, 4.69) is 41.5 Å². The van der Waals surface area contributed by atoms with Crippen molar-refractivity contribution in [3.8, 4) is 0 Å². The first kappa shape index (κ1) is 14.0. The molecule has 0 bridgehead atoms. The minimum atomic E-state index is 0.195. The Morgan fingerprint density at radius 3 is 2.67 bits per heavy atom. The first-order valence-electron chi connectivity index (χ1n) is 6.95. The number of piperidine rings is 1. The van der Waals surface area contributed by atoms with Gasteiger partial charge in [-0.2, -0.15) is 0 Å². The van der Waals surface area contributed by atoms with Crippen molar-refractivity contribution in [2.24, 2.45) is 0 Å². The third kappa shape index (κ3) is 3.11. The molecule has 18 heavy (non-hydrogen) atoms. The Balaban J connectivity index is 2.04. The van der Waals surface area contributed by atoms with Crippen LogP contribution < -0.4 is 5.32 Å². The number of thiazole rings is 1. The van der Waals surface area contributed by atoms with E-state index in [9.17, 15) is 0 Å². The van der Waals surface area contributed by atoms with Crippen LogP contribution in [0.5, 0.6) is 0 Å². The molecular weight excluding hydrogens is 242 g/mol. The van der Waals surface area contributed by atoms with E-state index in [-0.39, 0.29) is 5.54 Å². The smallest absolute Gasteiger partial charge is 0.0941 e. The highest BCUT2D eigenvalue weighted by Crippen LogP contribution is 2.26. The van der Waals surface area contributed by atoms with Crippen molar-refractivity contribution in [2.75, 3.05) is 20.1 Å². The van der Waals surface area contributed by atoms with Gasteiger partial charge in [0.15, 0.2) is 0 Å². The lowest BCUT2D eigenvalue weighted by Gasteiger charge is -2.45. The number of nitrogens with zero attached hydrogens (tertiary/aromatic N) is 2. The van der Waals surface area contributed by atoms with Gasteiger partial charge in [-0.25, -0.2) is 4.98 Å². The van der Waals surface area contributed by atoms with E-state index in [1.807, 2.05) is 6.20 Å². The number of hydrogen-bond donors (Lipinski definition) is 1. The van der Waals surface area contributed by atoms with Crippen LogP contribution in [0.1, 0.15) is 38.1 Å². The van der Waals surface area contributed by atoms with Gasteiger partial charge in [0.2, 0.25) is 0 Å². The molecule has 1 fully saturated rings. The molecule has 0 saturated carbocycles.